The van der Waals surface area contributed by atoms with Crippen LogP contribution in [0.2, 0.25) is 0 Å². The van der Waals surface area contributed by atoms with E-state index < -0.39 is 0 Å². The van der Waals surface area contributed by atoms with Gasteiger partial charge in [0.2, 0.25) is 0 Å². The molecule has 1 heterocycles. The first-order chi connectivity index (χ1) is 17.7. The van der Waals surface area contributed by atoms with Crippen molar-refractivity contribution in [2.24, 2.45) is 0 Å². The topological polar surface area (TPSA) is 77.2 Å². The van der Waals surface area contributed by atoms with Crippen molar-refractivity contribution in [3.05, 3.63) is 102 Å². The number of phenols is 1. The summed E-state index contributed by atoms with van der Waals surface area (Å²) in [6.07, 6.45) is 0. The standard InChI is InChI=1S/C30H27N3O3S/c1-19-16-24(30(2,3)4)28(34)27(17-19)33-31-25-15-14-23(18-26(25)32-33)37-22-12-10-21(11-13-22)36-29(35)20-8-6-5-7-9-20/h5-18,34H,1-4H3. The Hall–Kier alpha value is -4.10. The summed E-state index contributed by atoms with van der Waals surface area (Å²) < 4.78 is 5.47. The second-order valence-electron chi connectivity index (χ2n) is 9.90. The maximum absolute atomic E-state index is 12.3. The number of aromatic nitrogens is 3. The summed E-state index contributed by atoms with van der Waals surface area (Å²) in [5.41, 5.74) is 4.23. The van der Waals surface area contributed by atoms with Crippen LogP contribution in [0.25, 0.3) is 16.7 Å². The summed E-state index contributed by atoms with van der Waals surface area (Å²) >= 11 is 1.58. The van der Waals surface area contributed by atoms with Gasteiger partial charge in [-0.3, -0.25) is 0 Å². The van der Waals surface area contributed by atoms with Gasteiger partial charge in [-0.25, -0.2) is 4.79 Å². The van der Waals surface area contributed by atoms with E-state index in [-0.39, 0.29) is 17.1 Å². The molecule has 1 N–H and O–H groups in total. The first-order valence-electron chi connectivity index (χ1n) is 11.9. The Morgan fingerprint density at radius 1 is 0.865 bits per heavy atom. The number of ether oxygens (including phenoxy) is 1. The van der Waals surface area contributed by atoms with Crippen molar-refractivity contribution >= 4 is 28.8 Å². The minimum Gasteiger partial charge on any atom is -0.505 e. The highest BCUT2D eigenvalue weighted by molar-refractivity contribution is 7.99. The number of nitrogens with zero attached hydrogens (tertiary/aromatic N) is 3. The third-order valence-corrected chi connectivity index (χ3v) is 6.89. The lowest BCUT2D eigenvalue weighted by atomic mass is 9.85. The second kappa shape index (κ2) is 9.75. The summed E-state index contributed by atoms with van der Waals surface area (Å²) in [7, 11) is 0. The van der Waals surface area contributed by atoms with Crippen LogP contribution in [0.1, 0.15) is 42.3 Å². The SMILES string of the molecule is Cc1cc(-n2nc3ccc(Sc4ccc(OC(=O)c5ccccc5)cc4)cc3n2)c(O)c(C(C)(C)C)c1. The van der Waals surface area contributed by atoms with Crippen LogP contribution in [-0.4, -0.2) is 26.1 Å². The molecular formula is C30H27N3O3S. The van der Waals surface area contributed by atoms with Crippen molar-refractivity contribution in [2.75, 3.05) is 0 Å². The van der Waals surface area contributed by atoms with Crippen LogP contribution >= 0.6 is 11.8 Å². The highest BCUT2D eigenvalue weighted by Gasteiger charge is 2.22. The van der Waals surface area contributed by atoms with Gasteiger partial charge in [0.1, 0.15) is 28.2 Å². The lowest BCUT2D eigenvalue weighted by Crippen LogP contribution is -2.13. The molecule has 0 radical (unpaired) electrons. The number of aromatic hydroxyl groups is 1. The summed E-state index contributed by atoms with van der Waals surface area (Å²) in [5, 5.41) is 20.3. The highest BCUT2D eigenvalue weighted by atomic mass is 32.2. The second-order valence-corrected chi connectivity index (χ2v) is 11.0. The first-order valence-corrected chi connectivity index (χ1v) is 12.8. The molecule has 0 fully saturated rings. The lowest BCUT2D eigenvalue weighted by molar-refractivity contribution is 0.0734. The van der Waals surface area contributed by atoms with Crippen LogP contribution in [-0.2, 0) is 5.41 Å². The van der Waals surface area contributed by atoms with Gasteiger partial charge in [-0.05, 0) is 78.6 Å². The molecule has 37 heavy (non-hydrogen) atoms. The Bertz CT molecular complexity index is 1590. The molecular weight excluding hydrogens is 482 g/mol. The van der Waals surface area contributed by atoms with E-state index in [1.54, 1.807) is 48.2 Å². The van der Waals surface area contributed by atoms with Gasteiger partial charge in [0, 0.05) is 15.4 Å². The van der Waals surface area contributed by atoms with E-state index in [9.17, 15) is 9.90 Å². The minimum absolute atomic E-state index is 0.195. The molecule has 1 aromatic heterocycles. The Kier molecular flexibility index (Phi) is 6.48. The molecule has 186 valence electrons. The fourth-order valence-electron chi connectivity index (χ4n) is 4.00. The van der Waals surface area contributed by atoms with Crippen LogP contribution in [0.15, 0.2) is 94.7 Å². The Morgan fingerprint density at radius 3 is 2.24 bits per heavy atom. The summed E-state index contributed by atoms with van der Waals surface area (Å²) in [5.74, 6) is 0.300. The van der Waals surface area contributed by atoms with Crippen LogP contribution in [0.3, 0.4) is 0 Å². The molecule has 0 amide bonds. The van der Waals surface area contributed by atoms with Crippen LogP contribution in [0, 0.1) is 6.92 Å². The monoisotopic (exact) mass is 509 g/mol. The third-order valence-electron chi connectivity index (χ3n) is 5.89. The first kappa shape index (κ1) is 24.6. The molecule has 4 aromatic carbocycles. The maximum atomic E-state index is 12.3. The van der Waals surface area contributed by atoms with Crippen molar-refractivity contribution in [1.82, 2.24) is 15.0 Å². The molecule has 0 aliphatic carbocycles. The molecule has 0 unspecified atom stereocenters. The van der Waals surface area contributed by atoms with Gasteiger partial charge in [-0.2, -0.15) is 0 Å². The van der Waals surface area contributed by atoms with Crippen molar-refractivity contribution < 1.29 is 14.6 Å². The molecule has 0 saturated heterocycles. The van der Waals surface area contributed by atoms with E-state index in [1.165, 1.54) is 4.80 Å². The van der Waals surface area contributed by atoms with Gasteiger partial charge in [-0.1, -0.05) is 56.8 Å². The number of esters is 1. The molecule has 5 aromatic rings. The van der Waals surface area contributed by atoms with Gasteiger partial charge >= 0.3 is 5.97 Å². The summed E-state index contributed by atoms with van der Waals surface area (Å²) in [6.45, 7) is 8.22. The molecule has 5 rings (SSSR count). The van der Waals surface area contributed by atoms with E-state index in [0.29, 0.717) is 17.0 Å². The van der Waals surface area contributed by atoms with Crippen LogP contribution < -0.4 is 4.74 Å². The normalized spacial score (nSPS) is 11.6. The van der Waals surface area contributed by atoms with E-state index in [0.717, 1.165) is 32.0 Å². The van der Waals surface area contributed by atoms with Gasteiger partial charge in [0.05, 0.1) is 5.56 Å². The number of carbonyl (C=O) groups excluding carboxylic acids is 1. The highest BCUT2D eigenvalue weighted by Crippen LogP contribution is 2.36. The zero-order valence-corrected chi connectivity index (χ0v) is 21.9. The Morgan fingerprint density at radius 2 is 1.54 bits per heavy atom. The molecule has 0 bridgehead atoms. The third kappa shape index (κ3) is 5.37. The quantitative estimate of drug-likeness (QED) is 0.201. The van der Waals surface area contributed by atoms with E-state index in [2.05, 4.69) is 31.0 Å². The van der Waals surface area contributed by atoms with Crippen molar-refractivity contribution in [2.45, 2.75) is 42.9 Å². The van der Waals surface area contributed by atoms with E-state index in [4.69, 9.17) is 4.74 Å². The largest absolute Gasteiger partial charge is 0.505 e. The van der Waals surface area contributed by atoms with Crippen LogP contribution in [0.5, 0.6) is 11.5 Å². The zero-order chi connectivity index (χ0) is 26.2. The molecule has 6 nitrogen and oxygen atoms in total. The predicted octanol–water partition coefficient (Wildman–Crippen LogP) is 7.10. The predicted molar refractivity (Wildman–Crippen MR) is 146 cm³/mol. The van der Waals surface area contributed by atoms with Gasteiger partial charge in [0.25, 0.3) is 0 Å². The number of fused-ring (bicyclic) bond motifs is 1. The van der Waals surface area contributed by atoms with E-state index >= 15 is 0 Å². The van der Waals surface area contributed by atoms with E-state index in [1.807, 2.05) is 55.5 Å². The van der Waals surface area contributed by atoms with Crippen molar-refractivity contribution in [1.29, 1.82) is 0 Å². The number of carbonyl (C=O) groups is 1. The number of benzene rings is 4. The minimum atomic E-state index is -0.385. The number of rotatable bonds is 5. The molecule has 7 heteroatoms. The van der Waals surface area contributed by atoms with Crippen molar-refractivity contribution in [3.63, 3.8) is 0 Å². The molecule has 0 saturated carbocycles. The van der Waals surface area contributed by atoms with Gasteiger partial charge < -0.3 is 9.84 Å². The number of aryl methyl sites for hydroxylation is 1. The van der Waals surface area contributed by atoms with Gasteiger partial charge in [0.15, 0.2) is 0 Å². The smallest absolute Gasteiger partial charge is 0.343 e. The number of hydrogen-bond donors (Lipinski definition) is 1. The molecule has 0 spiro atoms. The van der Waals surface area contributed by atoms with Crippen molar-refractivity contribution in [3.8, 4) is 17.2 Å². The summed E-state index contributed by atoms with van der Waals surface area (Å²) in [4.78, 5) is 15.8. The lowest BCUT2D eigenvalue weighted by Gasteiger charge is -2.22. The van der Waals surface area contributed by atoms with Crippen LogP contribution in [0.4, 0.5) is 0 Å². The number of phenolic OH excluding ortho intramolecular Hbond substituents is 1. The average molecular weight is 510 g/mol. The fraction of sp³-hybridized carbons (Fsp3) is 0.167. The molecule has 0 atom stereocenters. The number of hydrogen-bond acceptors (Lipinski definition) is 6. The Labute approximate surface area is 219 Å². The summed E-state index contributed by atoms with van der Waals surface area (Å²) in [6, 6.07) is 26.1. The molecule has 0 aliphatic heterocycles. The average Bonchev–Trinajstić information content (AvgIpc) is 3.29. The fourth-order valence-corrected chi connectivity index (χ4v) is 4.85. The van der Waals surface area contributed by atoms with Gasteiger partial charge in [-0.15, -0.1) is 15.0 Å². The Balaban J connectivity index is 1.35. The zero-order valence-electron chi connectivity index (χ0n) is 21.1. The molecule has 0 aliphatic rings. The maximum Gasteiger partial charge on any atom is 0.343 e.